The number of likely N-dealkylation sites (tertiary alicyclic amines) is 1. The van der Waals surface area contributed by atoms with Crippen LogP contribution in [0, 0.1) is 5.92 Å². The van der Waals surface area contributed by atoms with Crippen molar-refractivity contribution in [3.05, 3.63) is 0 Å². The van der Waals surface area contributed by atoms with Gasteiger partial charge < -0.3 is 10.2 Å². The molecule has 0 amide bonds. The van der Waals surface area contributed by atoms with Crippen molar-refractivity contribution in [1.82, 2.24) is 20.0 Å². The zero-order valence-corrected chi connectivity index (χ0v) is 14.3. The largest absolute Gasteiger partial charge is 0.317 e. The normalized spacial score (nSPS) is 36.4. The number of nitrogens with one attached hydrogen (secondary N) is 1. The smallest absolute Gasteiger partial charge is 0.0242 e. The van der Waals surface area contributed by atoms with Gasteiger partial charge in [-0.3, -0.25) is 9.80 Å². The average molecular weight is 306 g/mol. The maximum Gasteiger partial charge on any atom is 0.0242 e. The van der Waals surface area contributed by atoms with Crippen LogP contribution in [-0.4, -0.2) is 85.7 Å². The predicted molar refractivity (Wildman–Crippen MR) is 91.2 cm³/mol. The molecule has 126 valence electrons. The number of fused-ring (bicyclic) bond motifs is 2. The molecule has 0 aromatic carbocycles. The van der Waals surface area contributed by atoms with Gasteiger partial charge >= 0.3 is 0 Å². The van der Waals surface area contributed by atoms with Gasteiger partial charge in [0.05, 0.1) is 0 Å². The van der Waals surface area contributed by atoms with Crippen molar-refractivity contribution in [3.8, 4) is 0 Å². The highest BCUT2D eigenvalue weighted by molar-refractivity contribution is 5.02. The molecule has 5 aliphatic heterocycles. The van der Waals surface area contributed by atoms with Crippen molar-refractivity contribution in [2.45, 2.75) is 56.7 Å². The van der Waals surface area contributed by atoms with Crippen LogP contribution in [0.25, 0.3) is 0 Å². The fourth-order valence-electron chi connectivity index (χ4n) is 5.25. The number of nitrogens with zero attached hydrogens (tertiary/aromatic N) is 3. The Balaban J connectivity index is 1.22. The van der Waals surface area contributed by atoms with Gasteiger partial charge in [-0.1, -0.05) is 0 Å². The summed E-state index contributed by atoms with van der Waals surface area (Å²) in [5, 5.41) is 3.49. The van der Waals surface area contributed by atoms with Gasteiger partial charge in [0.25, 0.3) is 0 Å². The van der Waals surface area contributed by atoms with E-state index in [9.17, 15) is 0 Å². The van der Waals surface area contributed by atoms with Crippen LogP contribution in [0.5, 0.6) is 0 Å². The quantitative estimate of drug-likeness (QED) is 0.843. The molecule has 2 unspecified atom stereocenters. The number of rotatable bonds is 4. The first-order valence-electron chi connectivity index (χ1n) is 9.68. The van der Waals surface area contributed by atoms with Gasteiger partial charge in [0.15, 0.2) is 0 Å². The molecule has 1 N–H and O–H groups in total. The van der Waals surface area contributed by atoms with E-state index in [0.717, 1.165) is 24.0 Å². The van der Waals surface area contributed by atoms with Gasteiger partial charge in [-0.2, -0.15) is 0 Å². The number of piperazine rings is 1. The first-order chi connectivity index (χ1) is 10.8. The third kappa shape index (κ3) is 3.21. The minimum Gasteiger partial charge on any atom is -0.317 e. The monoisotopic (exact) mass is 306 g/mol. The van der Waals surface area contributed by atoms with E-state index in [2.05, 4.69) is 27.1 Å². The van der Waals surface area contributed by atoms with Crippen molar-refractivity contribution in [3.63, 3.8) is 0 Å². The summed E-state index contributed by atoms with van der Waals surface area (Å²) >= 11 is 0. The molecule has 4 nitrogen and oxygen atoms in total. The molecule has 2 bridgehead atoms. The minimum atomic E-state index is 0.882. The van der Waals surface area contributed by atoms with Crippen LogP contribution in [0.15, 0.2) is 0 Å². The van der Waals surface area contributed by atoms with Crippen LogP contribution in [0.3, 0.4) is 0 Å². The fourth-order valence-corrected chi connectivity index (χ4v) is 5.25. The van der Waals surface area contributed by atoms with Gasteiger partial charge in [0.2, 0.25) is 0 Å². The van der Waals surface area contributed by atoms with E-state index in [1.54, 1.807) is 0 Å². The Labute approximate surface area is 136 Å². The Hall–Kier alpha value is -0.160. The maximum absolute atomic E-state index is 3.49. The van der Waals surface area contributed by atoms with Crippen molar-refractivity contribution in [2.24, 2.45) is 5.92 Å². The standard InChI is InChI=1S/C18H34N4/c1-20-9-5-16(6-10-20)21-13-17-12-18(14-21)22(17)11-4-15-2-7-19-8-3-15/h15-19H,2-14H2,1H3. The van der Waals surface area contributed by atoms with Crippen molar-refractivity contribution in [2.75, 3.05) is 52.9 Å². The molecule has 2 atom stereocenters. The number of hydrogen-bond acceptors (Lipinski definition) is 4. The third-order valence-electron chi connectivity index (χ3n) is 6.83. The second kappa shape index (κ2) is 6.76. The van der Waals surface area contributed by atoms with Crippen LogP contribution in [0.1, 0.15) is 38.5 Å². The highest BCUT2D eigenvalue weighted by Gasteiger charge is 2.45. The summed E-state index contributed by atoms with van der Waals surface area (Å²) in [6, 6.07) is 2.66. The molecule has 0 spiro atoms. The van der Waals surface area contributed by atoms with Gasteiger partial charge in [0, 0.05) is 31.2 Å². The molecule has 0 aromatic heterocycles. The van der Waals surface area contributed by atoms with E-state index in [0.29, 0.717) is 0 Å². The SMILES string of the molecule is CN1CCC(N2CC3CC(C2)N3CCC2CCNCC2)CC1. The topological polar surface area (TPSA) is 21.8 Å². The fraction of sp³-hybridized carbons (Fsp3) is 1.00. The van der Waals surface area contributed by atoms with Gasteiger partial charge in [-0.25, -0.2) is 0 Å². The molecule has 5 aliphatic rings. The molecule has 5 fully saturated rings. The Kier molecular flexibility index (Phi) is 4.72. The lowest BCUT2D eigenvalue weighted by atomic mass is 9.84. The van der Waals surface area contributed by atoms with E-state index in [4.69, 9.17) is 0 Å². The van der Waals surface area contributed by atoms with E-state index in [-0.39, 0.29) is 0 Å². The highest BCUT2D eigenvalue weighted by atomic mass is 15.4. The maximum atomic E-state index is 3.49. The molecular weight excluding hydrogens is 272 g/mol. The van der Waals surface area contributed by atoms with Crippen LogP contribution in [-0.2, 0) is 0 Å². The lowest BCUT2D eigenvalue weighted by Crippen LogP contribution is -2.70. The molecule has 0 aromatic rings. The molecule has 0 saturated carbocycles. The molecule has 0 aliphatic carbocycles. The summed E-state index contributed by atoms with van der Waals surface area (Å²) in [6.45, 7) is 9.20. The zero-order valence-electron chi connectivity index (χ0n) is 14.3. The summed E-state index contributed by atoms with van der Waals surface area (Å²) in [6.07, 6.45) is 8.53. The third-order valence-corrected chi connectivity index (χ3v) is 6.83. The van der Waals surface area contributed by atoms with Crippen LogP contribution >= 0.6 is 0 Å². The summed E-state index contributed by atoms with van der Waals surface area (Å²) in [7, 11) is 2.27. The molecular formula is C18H34N4. The van der Waals surface area contributed by atoms with Gasteiger partial charge in [-0.15, -0.1) is 0 Å². The Bertz CT molecular complexity index is 348. The lowest BCUT2D eigenvalue weighted by molar-refractivity contribution is -0.0898. The summed E-state index contributed by atoms with van der Waals surface area (Å²) in [5.41, 5.74) is 0. The highest BCUT2D eigenvalue weighted by Crippen LogP contribution is 2.35. The lowest BCUT2D eigenvalue weighted by Gasteiger charge is -2.58. The second-order valence-corrected chi connectivity index (χ2v) is 8.25. The molecule has 0 radical (unpaired) electrons. The van der Waals surface area contributed by atoms with Crippen molar-refractivity contribution < 1.29 is 0 Å². The molecule has 5 heterocycles. The summed E-state index contributed by atoms with van der Waals surface area (Å²) in [5.74, 6) is 0.993. The first-order valence-corrected chi connectivity index (χ1v) is 9.68. The molecule has 4 heteroatoms. The van der Waals surface area contributed by atoms with Crippen LogP contribution in [0.2, 0.25) is 0 Å². The average Bonchev–Trinajstić information content (AvgIpc) is 2.56. The first kappa shape index (κ1) is 15.4. The molecule has 22 heavy (non-hydrogen) atoms. The van der Waals surface area contributed by atoms with Gasteiger partial charge in [-0.05, 0) is 84.2 Å². The Morgan fingerprint density at radius 3 is 2.27 bits per heavy atom. The molecule has 5 rings (SSSR count). The molecule has 5 saturated heterocycles. The second-order valence-electron chi connectivity index (χ2n) is 8.25. The van der Waals surface area contributed by atoms with Crippen molar-refractivity contribution >= 4 is 0 Å². The van der Waals surface area contributed by atoms with E-state index < -0.39 is 0 Å². The summed E-state index contributed by atoms with van der Waals surface area (Å²) < 4.78 is 0. The van der Waals surface area contributed by atoms with E-state index in [1.165, 1.54) is 84.3 Å². The zero-order chi connectivity index (χ0) is 14.9. The predicted octanol–water partition coefficient (Wildman–Crippen LogP) is 1.23. The van der Waals surface area contributed by atoms with Crippen LogP contribution < -0.4 is 5.32 Å². The minimum absolute atomic E-state index is 0.882. The van der Waals surface area contributed by atoms with Gasteiger partial charge in [0.1, 0.15) is 0 Å². The Morgan fingerprint density at radius 2 is 1.59 bits per heavy atom. The van der Waals surface area contributed by atoms with Crippen LogP contribution in [0.4, 0.5) is 0 Å². The van der Waals surface area contributed by atoms with E-state index in [1.807, 2.05) is 0 Å². The number of hydrogen-bond donors (Lipinski definition) is 1. The van der Waals surface area contributed by atoms with E-state index >= 15 is 0 Å². The Morgan fingerprint density at radius 1 is 0.909 bits per heavy atom. The number of piperidine rings is 3. The summed E-state index contributed by atoms with van der Waals surface area (Å²) in [4.78, 5) is 8.19. The van der Waals surface area contributed by atoms with Crippen molar-refractivity contribution in [1.29, 1.82) is 0 Å².